The Morgan fingerprint density at radius 2 is 1.80 bits per heavy atom. The van der Waals surface area contributed by atoms with Crippen LogP contribution in [0.1, 0.15) is 34.1 Å². The molecule has 0 bridgehead atoms. The van der Waals surface area contributed by atoms with Gasteiger partial charge in [0.2, 0.25) is 5.91 Å². The van der Waals surface area contributed by atoms with Crippen LogP contribution in [-0.2, 0) is 9.59 Å². The van der Waals surface area contributed by atoms with Gasteiger partial charge in [0.15, 0.2) is 0 Å². The molecule has 0 saturated heterocycles. The third kappa shape index (κ3) is 4.81. The van der Waals surface area contributed by atoms with E-state index in [4.69, 9.17) is 5.11 Å². The lowest BCUT2D eigenvalue weighted by Gasteiger charge is -2.24. The van der Waals surface area contributed by atoms with Crippen molar-refractivity contribution in [2.24, 2.45) is 11.3 Å². The average Bonchev–Trinajstić information content (AvgIpc) is 2.01. The lowest BCUT2D eigenvalue weighted by atomic mass is 9.89. The molecule has 4 heteroatoms. The van der Waals surface area contributed by atoms with Crippen LogP contribution in [0.25, 0.3) is 0 Å². The van der Waals surface area contributed by atoms with E-state index in [0.29, 0.717) is 12.5 Å². The molecule has 0 aliphatic carbocycles. The molecular formula is C11H21NO3. The first kappa shape index (κ1) is 13.9. The summed E-state index contributed by atoms with van der Waals surface area (Å²) in [6.45, 7) is 7.83. The summed E-state index contributed by atoms with van der Waals surface area (Å²) >= 11 is 0. The second kappa shape index (κ2) is 5.14. The minimum atomic E-state index is -0.984. The number of amides is 1. The van der Waals surface area contributed by atoms with Crippen molar-refractivity contribution in [2.75, 3.05) is 13.6 Å². The number of carboxylic acid groups (broad SMARTS) is 1. The highest BCUT2D eigenvalue weighted by atomic mass is 16.4. The van der Waals surface area contributed by atoms with Crippen molar-refractivity contribution in [2.45, 2.75) is 34.1 Å². The molecule has 0 aromatic rings. The van der Waals surface area contributed by atoms with Gasteiger partial charge in [-0.1, -0.05) is 13.8 Å². The Labute approximate surface area is 91.3 Å². The van der Waals surface area contributed by atoms with Crippen LogP contribution in [0.2, 0.25) is 0 Å². The molecule has 0 saturated carbocycles. The van der Waals surface area contributed by atoms with Gasteiger partial charge in [0.1, 0.15) is 0 Å². The number of rotatable bonds is 5. The summed E-state index contributed by atoms with van der Waals surface area (Å²) in [7, 11) is 1.71. The van der Waals surface area contributed by atoms with Crippen LogP contribution in [0.5, 0.6) is 0 Å². The zero-order valence-corrected chi connectivity index (χ0v) is 10.2. The fourth-order valence-corrected chi connectivity index (χ4v) is 1.24. The van der Waals surface area contributed by atoms with Crippen LogP contribution < -0.4 is 0 Å². The minimum absolute atomic E-state index is 0.0472. The van der Waals surface area contributed by atoms with Crippen LogP contribution in [0.15, 0.2) is 0 Å². The number of carboxylic acids is 1. The summed E-state index contributed by atoms with van der Waals surface area (Å²) in [6, 6.07) is 0. The highest BCUT2D eigenvalue weighted by Gasteiger charge is 2.31. The highest BCUT2D eigenvalue weighted by molar-refractivity contribution is 5.84. The van der Waals surface area contributed by atoms with Crippen molar-refractivity contribution in [3.63, 3.8) is 0 Å². The molecule has 0 aliphatic heterocycles. The van der Waals surface area contributed by atoms with E-state index < -0.39 is 11.4 Å². The van der Waals surface area contributed by atoms with Gasteiger partial charge in [0.25, 0.3) is 0 Å². The number of carbonyl (C=O) groups excluding carboxylic acids is 1. The number of nitrogens with zero attached hydrogens (tertiary/aromatic N) is 1. The molecule has 88 valence electrons. The van der Waals surface area contributed by atoms with Crippen LogP contribution in [0.3, 0.4) is 0 Å². The lowest BCUT2D eigenvalue weighted by Crippen LogP contribution is -2.36. The third-order valence-electron chi connectivity index (χ3n) is 2.24. The molecule has 0 fully saturated rings. The van der Waals surface area contributed by atoms with E-state index in [1.165, 1.54) is 0 Å². The largest absolute Gasteiger partial charge is 0.481 e. The summed E-state index contributed by atoms with van der Waals surface area (Å²) < 4.78 is 0. The summed E-state index contributed by atoms with van der Waals surface area (Å²) in [4.78, 5) is 24.1. The Bertz CT molecular complexity index is 246. The van der Waals surface area contributed by atoms with Crippen molar-refractivity contribution < 1.29 is 14.7 Å². The van der Waals surface area contributed by atoms with E-state index in [1.54, 1.807) is 25.8 Å². The van der Waals surface area contributed by atoms with Crippen molar-refractivity contribution in [1.29, 1.82) is 0 Å². The molecular weight excluding hydrogens is 194 g/mol. The molecule has 0 unspecified atom stereocenters. The average molecular weight is 215 g/mol. The maximum Gasteiger partial charge on any atom is 0.309 e. The molecule has 4 nitrogen and oxygen atoms in total. The second-order valence-electron chi connectivity index (χ2n) is 5.03. The first-order chi connectivity index (χ1) is 6.66. The first-order valence-electron chi connectivity index (χ1n) is 5.14. The third-order valence-corrected chi connectivity index (χ3v) is 2.24. The van der Waals surface area contributed by atoms with Crippen molar-refractivity contribution in [1.82, 2.24) is 4.90 Å². The van der Waals surface area contributed by atoms with E-state index in [9.17, 15) is 9.59 Å². The zero-order valence-electron chi connectivity index (χ0n) is 10.2. The summed E-state index contributed by atoms with van der Waals surface area (Å²) in [6.07, 6.45) is 0.0472. The van der Waals surface area contributed by atoms with Crippen molar-refractivity contribution in [3.8, 4) is 0 Å². The standard InChI is InChI=1S/C11H21NO3/c1-8(2)7-12(5)9(13)6-11(3,4)10(14)15/h8H,6-7H2,1-5H3,(H,14,15). The van der Waals surface area contributed by atoms with E-state index in [0.717, 1.165) is 0 Å². The Balaban J connectivity index is 4.30. The monoisotopic (exact) mass is 215 g/mol. The zero-order chi connectivity index (χ0) is 12.2. The second-order valence-corrected chi connectivity index (χ2v) is 5.03. The Morgan fingerprint density at radius 3 is 2.13 bits per heavy atom. The highest BCUT2D eigenvalue weighted by Crippen LogP contribution is 2.21. The molecule has 1 amide bonds. The molecule has 0 aromatic heterocycles. The molecule has 0 atom stereocenters. The number of hydrogen-bond donors (Lipinski definition) is 1. The molecule has 0 aromatic carbocycles. The van der Waals surface area contributed by atoms with Gasteiger partial charge in [0, 0.05) is 20.0 Å². The maximum atomic E-state index is 11.7. The normalized spacial score (nSPS) is 11.6. The molecule has 0 radical (unpaired) electrons. The summed E-state index contributed by atoms with van der Waals surface area (Å²) in [5.41, 5.74) is -0.984. The Kier molecular flexibility index (Phi) is 4.78. The summed E-state index contributed by atoms with van der Waals surface area (Å²) in [5, 5.41) is 8.88. The van der Waals surface area contributed by atoms with Crippen molar-refractivity contribution in [3.05, 3.63) is 0 Å². The molecule has 15 heavy (non-hydrogen) atoms. The van der Waals surface area contributed by atoms with Gasteiger partial charge in [-0.05, 0) is 19.8 Å². The topological polar surface area (TPSA) is 57.6 Å². The SMILES string of the molecule is CC(C)CN(C)C(=O)CC(C)(C)C(=O)O. The van der Waals surface area contributed by atoms with Gasteiger partial charge < -0.3 is 10.0 Å². The number of hydrogen-bond acceptors (Lipinski definition) is 2. The summed E-state index contributed by atoms with van der Waals surface area (Å²) in [5.74, 6) is -0.656. The van der Waals surface area contributed by atoms with Gasteiger partial charge in [-0.2, -0.15) is 0 Å². The predicted octanol–water partition coefficient (Wildman–Crippen LogP) is 1.60. The van der Waals surface area contributed by atoms with E-state index in [1.807, 2.05) is 13.8 Å². The maximum absolute atomic E-state index is 11.7. The lowest BCUT2D eigenvalue weighted by molar-refractivity contribution is -0.151. The van der Waals surface area contributed by atoms with Gasteiger partial charge >= 0.3 is 5.97 Å². The first-order valence-corrected chi connectivity index (χ1v) is 5.14. The Morgan fingerprint density at radius 1 is 1.33 bits per heavy atom. The smallest absolute Gasteiger partial charge is 0.309 e. The van der Waals surface area contributed by atoms with Crippen LogP contribution >= 0.6 is 0 Å². The van der Waals surface area contributed by atoms with E-state index >= 15 is 0 Å². The molecule has 0 aliphatic rings. The minimum Gasteiger partial charge on any atom is -0.481 e. The van der Waals surface area contributed by atoms with Crippen LogP contribution in [0.4, 0.5) is 0 Å². The molecule has 0 spiro atoms. The van der Waals surface area contributed by atoms with Gasteiger partial charge in [-0.15, -0.1) is 0 Å². The van der Waals surface area contributed by atoms with Gasteiger partial charge in [-0.3, -0.25) is 9.59 Å². The fourth-order valence-electron chi connectivity index (χ4n) is 1.24. The van der Waals surface area contributed by atoms with Crippen LogP contribution in [-0.4, -0.2) is 35.5 Å². The van der Waals surface area contributed by atoms with Crippen LogP contribution in [0, 0.1) is 11.3 Å². The quantitative estimate of drug-likeness (QED) is 0.757. The molecule has 0 heterocycles. The molecule has 0 rings (SSSR count). The molecule has 1 N–H and O–H groups in total. The van der Waals surface area contributed by atoms with Gasteiger partial charge in [-0.25, -0.2) is 0 Å². The fraction of sp³-hybridized carbons (Fsp3) is 0.818. The van der Waals surface area contributed by atoms with E-state index in [2.05, 4.69) is 0 Å². The predicted molar refractivity (Wildman–Crippen MR) is 58.5 cm³/mol. The number of carbonyl (C=O) groups is 2. The van der Waals surface area contributed by atoms with Gasteiger partial charge in [0.05, 0.1) is 5.41 Å². The number of aliphatic carboxylic acids is 1. The Hall–Kier alpha value is -1.06. The van der Waals surface area contributed by atoms with E-state index in [-0.39, 0.29) is 12.3 Å². The van der Waals surface area contributed by atoms with Crippen molar-refractivity contribution >= 4 is 11.9 Å².